The normalized spacial score (nSPS) is 11.7. The van der Waals surface area contributed by atoms with Crippen molar-refractivity contribution in [2.45, 2.75) is 26.8 Å². The van der Waals surface area contributed by atoms with Crippen LogP contribution in [-0.4, -0.2) is 43.8 Å². The van der Waals surface area contributed by atoms with Crippen LogP contribution in [0, 0.1) is 0 Å². The maximum absolute atomic E-state index is 11.2. The number of hydrogen-bond acceptors (Lipinski definition) is 5. The summed E-state index contributed by atoms with van der Waals surface area (Å²) >= 11 is 0. The molecule has 0 fully saturated rings. The molecule has 0 spiro atoms. The summed E-state index contributed by atoms with van der Waals surface area (Å²) in [5.41, 5.74) is 0. The first-order valence-electron chi connectivity index (χ1n) is 6.05. The van der Waals surface area contributed by atoms with Crippen molar-refractivity contribution in [3.63, 3.8) is 0 Å². The highest BCUT2D eigenvalue weighted by Crippen LogP contribution is 1.89. The Morgan fingerprint density at radius 2 is 1.68 bits per heavy atom. The van der Waals surface area contributed by atoms with Gasteiger partial charge in [-0.1, -0.05) is 0 Å². The first-order valence-corrected chi connectivity index (χ1v) is 6.05. The minimum Gasteiger partial charge on any atom is -0.463 e. The largest absolute Gasteiger partial charge is 0.463 e. The number of amides is 2. The number of carbonyl (C=O) groups excluding carboxylic acids is 3. The van der Waals surface area contributed by atoms with Crippen LogP contribution in [0.3, 0.4) is 0 Å². The zero-order valence-electron chi connectivity index (χ0n) is 11.4. The van der Waals surface area contributed by atoms with E-state index < -0.39 is 11.9 Å². The molecule has 0 radical (unpaired) electrons. The Hall–Kier alpha value is -2.05. The zero-order valence-corrected chi connectivity index (χ0v) is 11.4. The summed E-state index contributed by atoms with van der Waals surface area (Å²) in [5.74, 6) is -1.27. The van der Waals surface area contributed by atoms with E-state index in [1.165, 1.54) is 0 Å². The first-order chi connectivity index (χ1) is 8.99. The second kappa shape index (κ2) is 9.93. The quantitative estimate of drug-likeness (QED) is 0.515. The number of esters is 2. The van der Waals surface area contributed by atoms with Crippen molar-refractivity contribution < 1.29 is 23.9 Å². The third-order valence-corrected chi connectivity index (χ3v) is 1.83. The average Bonchev–Trinajstić information content (AvgIpc) is 2.34. The zero-order chi connectivity index (χ0) is 14.7. The molecular weight excluding hydrogens is 252 g/mol. The lowest BCUT2D eigenvalue weighted by Gasteiger charge is -2.13. The molecule has 108 valence electrons. The van der Waals surface area contributed by atoms with Crippen molar-refractivity contribution >= 4 is 18.0 Å². The Morgan fingerprint density at radius 1 is 1.11 bits per heavy atom. The fourth-order valence-corrected chi connectivity index (χ4v) is 1.06. The highest BCUT2D eigenvalue weighted by Gasteiger charge is 2.08. The maximum atomic E-state index is 11.2. The van der Waals surface area contributed by atoms with Crippen molar-refractivity contribution in [3.8, 4) is 0 Å². The molecular formula is C12H20N2O5. The Balaban J connectivity index is 3.89. The summed E-state index contributed by atoms with van der Waals surface area (Å²) < 4.78 is 9.43. The van der Waals surface area contributed by atoms with E-state index in [0.29, 0.717) is 6.54 Å². The molecule has 19 heavy (non-hydrogen) atoms. The van der Waals surface area contributed by atoms with E-state index in [-0.39, 0.29) is 25.3 Å². The molecule has 0 saturated heterocycles. The van der Waals surface area contributed by atoms with Crippen molar-refractivity contribution in [1.82, 2.24) is 10.6 Å². The van der Waals surface area contributed by atoms with Gasteiger partial charge in [-0.15, -0.1) is 0 Å². The number of ether oxygens (including phenoxy) is 2. The summed E-state index contributed by atoms with van der Waals surface area (Å²) in [7, 11) is 0. The Bertz CT molecular complexity index is 341. The van der Waals surface area contributed by atoms with Crippen LogP contribution >= 0.6 is 0 Å². The molecule has 0 bridgehead atoms. The Labute approximate surface area is 112 Å². The van der Waals surface area contributed by atoms with Gasteiger partial charge in [0, 0.05) is 18.7 Å². The van der Waals surface area contributed by atoms with Crippen molar-refractivity contribution in [1.29, 1.82) is 0 Å². The van der Waals surface area contributed by atoms with Gasteiger partial charge in [0.05, 0.1) is 12.6 Å². The fraction of sp³-hybridized carbons (Fsp3) is 0.583. The van der Waals surface area contributed by atoms with Crippen LogP contribution in [0.4, 0.5) is 4.79 Å². The van der Waals surface area contributed by atoms with E-state index in [4.69, 9.17) is 4.74 Å². The monoisotopic (exact) mass is 272 g/mol. The van der Waals surface area contributed by atoms with Crippen LogP contribution < -0.4 is 10.6 Å². The second-order valence-electron chi connectivity index (χ2n) is 3.62. The van der Waals surface area contributed by atoms with E-state index in [1.807, 2.05) is 0 Å². The molecule has 0 aromatic heterocycles. The van der Waals surface area contributed by atoms with E-state index >= 15 is 0 Å². The highest BCUT2D eigenvalue weighted by molar-refractivity contribution is 5.91. The van der Waals surface area contributed by atoms with Crippen LogP contribution in [0.15, 0.2) is 12.2 Å². The van der Waals surface area contributed by atoms with Gasteiger partial charge in [-0.25, -0.2) is 14.4 Å². The molecule has 7 heteroatoms. The molecule has 0 aliphatic carbocycles. The minimum atomic E-state index is -0.669. The number of hydrogen-bond donors (Lipinski definition) is 2. The SMILES string of the molecule is CCNC(=O)N[C@H](C)COC(=O)/C=C/C(=O)OCC. The lowest BCUT2D eigenvalue weighted by atomic mass is 10.4. The molecule has 0 rings (SSSR count). The molecule has 0 aromatic carbocycles. The van der Waals surface area contributed by atoms with Gasteiger partial charge >= 0.3 is 18.0 Å². The molecule has 7 nitrogen and oxygen atoms in total. The topological polar surface area (TPSA) is 93.7 Å². The number of carbonyl (C=O) groups is 3. The van der Waals surface area contributed by atoms with Crippen molar-refractivity contribution in [2.75, 3.05) is 19.8 Å². The van der Waals surface area contributed by atoms with Crippen LogP contribution in [0.5, 0.6) is 0 Å². The van der Waals surface area contributed by atoms with Gasteiger partial charge < -0.3 is 20.1 Å². The average molecular weight is 272 g/mol. The molecule has 0 aliphatic heterocycles. The lowest BCUT2D eigenvalue weighted by Crippen LogP contribution is -2.42. The van der Waals surface area contributed by atoms with E-state index in [0.717, 1.165) is 12.2 Å². The molecule has 0 saturated carbocycles. The first kappa shape index (κ1) is 16.9. The Kier molecular flexibility index (Phi) is 8.86. The van der Waals surface area contributed by atoms with Crippen LogP contribution in [-0.2, 0) is 19.1 Å². The molecule has 1 atom stereocenters. The van der Waals surface area contributed by atoms with Gasteiger partial charge in [0.25, 0.3) is 0 Å². The molecule has 2 amide bonds. The summed E-state index contributed by atoms with van der Waals surface area (Å²) in [6, 6.07) is -0.653. The number of nitrogens with one attached hydrogen (secondary N) is 2. The van der Waals surface area contributed by atoms with E-state index in [1.54, 1.807) is 20.8 Å². The van der Waals surface area contributed by atoms with Gasteiger partial charge in [-0.3, -0.25) is 0 Å². The predicted molar refractivity (Wildman–Crippen MR) is 68.4 cm³/mol. The molecule has 0 heterocycles. The maximum Gasteiger partial charge on any atom is 0.331 e. The third kappa shape index (κ3) is 9.63. The van der Waals surface area contributed by atoms with E-state index in [2.05, 4.69) is 15.4 Å². The van der Waals surface area contributed by atoms with Crippen LogP contribution in [0.2, 0.25) is 0 Å². The van der Waals surface area contributed by atoms with Crippen LogP contribution in [0.25, 0.3) is 0 Å². The van der Waals surface area contributed by atoms with Gasteiger partial charge in [-0.2, -0.15) is 0 Å². The van der Waals surface area contributed by atoms with Gasteiger partial charge in [0.2, 0.25) is 0 Å². The molecule has 0 unspecified atom stereocenters. The van der Waals surface area contributed by atoms with Gasteiger partial charge in [0.1, 0.15) is 6.61 Å². The second-order valence-corrected chi connectivity index (χ2v) is 3.62. The molecule has 0 aromatic rings. The smallest absolute Gasteiger partial charge is 0.331 e. The van der Waals surface area contributed by atoms with Gasteiger partial charge in [0.15, 0.2) is 0 Å². The standard InChI is InChI=1S/C12H20N2O5/c1-4-13-12(17)14-9(3)8-19-11(16)7-6-10(15)18-5-2/h6-7,9H,4-5,8H2,1-3H3,(H2,13,14,17)/b7-6+/t9-/m1/s1. The van der Waals surface area contributed by atoms with Crippen molar-refractivity contribution in [3.05, 3.63) is 12.2 Å². The summed E-state index contributed by atoms with van der Waals surface area (Å²) in [4.78, 5) is 33.3. The minimum absolute atomic E-state index is 0.0170. The third-order valence-electron chi connectivity index (χ3n) is 1.83. The van der Waals surface area contributed by atoms with Gasteiger partial charge in [-0.05, 0) is 20.8 Å². The molecule has 2 N–H and O–H groups in total. The van der Waals surface area contributed by atoms with Crippen LogP contribution in [0.1, 0.15) is 20.8 Å². The van der Waals surface area contributed by atoms with Crippen molar-refractivity contribution in [2.24, 2.45) is 0 Å². The Morgan fingerprint density at radius 3 is 2.21 bits per heavy atom. The molecule has 0 aliphatic rings. The summed E-state index contributed by atoms with van der Waals surface area (Å²) in [5, 5.41) is 5.13. The lowest BCUT2D eigenvalue weighted by molar-refractivity contribution is -0.140. The van der Waals surface area contributed by atoms with E-state index in [9.17, 15) is 14.4 Å². The number of urea groups is 1. The highest BCUT2D eigenvalue weighted by atomic mass is 16.5. The summed E-state index contributed by atoms with van der Waals surface area (Å²) in [6.07, 6.45) is 1.98. The summed E-state index contributed by atoms with van der Waals surface area (Å²) in [6.45, 7) is 5.93. The predicted octanol–water partition coefficient (Wildman–Crippen LogP) is 0.357. The fourth-order valence-electron chi connectivity index (χ4n) is 1.06. The number of rotatable bonds is 7.